The zero-order valence-corrected chi connectivity index (χ0v) is 19.6. The van der Waals surface area contributed by atoms with Crippen molar-refractivity contribution < 1.29 is 13.9 Å². The molecule has 1 aromatic heterocycles. The lowest BCUT2D eigenvalue weighted by Gasteiger charge is -2.14. The summed E-state index contributed by atoms with van der Waals surface area (Å²) in [4.78, 5) is 14.4. The Hall–Kier alpha value is -2.57. The molecule has 0 spiro atoms. The number of methoxy groups -OCH3 is 1. The second kappa shape index (κ2) is 9.49. The van der Waals surface area contributed by atoms with E-state index >= 15 is 0 Å². The van der Waals surface area contributed by atoms with Crippen LogP contribution in [-0.4, -0.2) is 45.1 Å². The van der Waals surface area contributed by atoms with E-state index in [0.29, 0.717) is 12.3 Å². The molecule has 3 aromatic rings. The molecule has 5 nitrogen and oxygen atoms in total. The number of nitrogens with one attached hydrogen (secondary N) is 1. The van der Waals surface area contributed by atoms with Crippen LogP contribution in [0.2, 0.25) is 0 Å². The maximum absolute atomic E-state index is 12.4. The number of carbonyl (C=O) groups is 1. The normalized spacial score (nSPS) is 11.9. The molecule has 6 heteroatoms. The second-order valence-electron chi connectivity index (χ2n) is 7.54. The van der Waals surface area contributed by atoms with Crippen molar-refractivity contribution in [2.24, 2.45) is 0 Å². The number of hydrogen-bond donors (Lipinski definition) is 1. The van der Waals surface area contributed by atoms with E-state index < -0.39 is 0 Å². The van der Waals surface area contributed by atoms with Gasteiger partial charge in [-0.15, -0.1) is 0 Å². The van der Waals surface area contributed by atoms with Gasteiger partial charge in [-0.2, -0.15) is 0 Å². The highest BCUT2D eigenvalue weighted by Crippen LogP contribution is 2.40. The van der Waals surface area contributed by atoms with Crippen LogP contribution in [0.3, 0.4) is 0 Å². The lowest BCUT2D eigenvalue weighted by Crippen LogP contribution is -2.30. The molecule has 0 aliphatic heterocycles. The van der Waals surface area contributed by atoms with Crippen molar-refractivity contribution in [1.29, 1.82) is 0 Å². The Labute approximate surface area is 185 Å². The fourth-order valence-corrected chi connectivity index (χ4v) is 3.72. The van der Waals surface area contributed by atoms with Gasteiger partial charge in [0.15, 0.2) is 0 Å². The predicted molar refractivity (Wildman–Crippen MR) is 126 cm³/mol. The summed E-state index contributed by atoms with van der Waals surface area (Å²) in [6, 6.07) is 10.2. The van der Waals surface area contributed by atoms with Crippen LogP contribution in [-0.2, 0) is 4.79 Å². The van der Waals surface area contributed by atoms with Crippen LogP contribution in [0.5, 0.6) is 5.75 Å². The van der Waals surface area contributed by atoms with Gasteiger partial charge in [-0.05, 0) is 57.3 Å². The van der Waals surface area contributed by atoms with Gasteiger partial charge in [-0.1, -0.05) is 28.1 Å². The zero-order valence-electron chi connectivity index (χ0n) is 18.0. The fraction of sp³-hybridized carbons (Fsp3) is 0.292. The number of aryl methyl sites for hydroxylation is 1. The number of halogens is 1. The van der Waals surface area contributed by atoms with E-state index in [-0.39, 0.29) is 5.91 Å². The quantitative estimate of drug-likeness (QED) is 0.478. The third-order valence-electron chi connectivity index (χ3n) is 5.03. The van der Waals surface area contributed by atoms with E-state index in [0.717, 1.165) is 49.8 Å². The summed E-state index contributed by atoms with van der Waals surface area (Å²) in [5, 5.41) is 3.91. The van der Waals surface area contributed by atoms with Crippen molar-refractivity contribution in [3.05, 3.63) is 58.3 Å². The minimum atomic E-state index is -0.116. The smallest absolute Gasteiger partial charge is 0.244 e. The Bertz CT molecular complexity index is 1080. The second-order valence-corrected chi connectivity index (χ2v) is 8.45. The average Bonchev–Trinajstić information content (AvgIpc) is 3.12. The van der Waals surface area contributed by atoms with E-state index in [1.54, 1.807) is 19.4 Å². The number of amides is 1. The molecule has 0 bridgehead atoms. The van der Waals surface area contributed by atoms with Gasteiger partial charge in [-0.25, -0.2) is 0 Å². The van der Waals surface area contributed by atoms with E-state index in [1.807, 2.05) is 51.0 Å². The van der Waals surface area contributed by atoms with Gasteiger partial charge in [0.25, 0.3) is 0 Å². The molecule has 0 fully saturated rings. The monoisotopic (exact) mass is 470 g/mol. The van der Waals surface area contributed by atoms with Gasteiger partial charge in [0.05, 0.1) is 13.4 Å². The molecule has 158 valence electrons. The lowest BCUT2D eigenvalue weighted by molar-refractivity contribution is -0.116. The molecular weight excluding hydrogens is 444 g/mol. The number of ether oxygens (including phenoxy) is 1. The molecule has 0 atom stereocenters. The third kappa shape index (κ3) is 4.77. The number of likely N-dealkylation sites (N-methyl/N-ethyl adjacent to an activating group) is 1. The Kier molecular flexibility index (Phi) is 7.00. The molecule has 2 aromatic carbocycles. The highest BCUT2D eigenvalue weighted by molar-refractivity contribution is 9.10. The number of allylic oxidation sites excluding steroid dienone is 1. The SMILES string of the molecule is COc1c(/C(C)=C/C(=O)NCCN(C)C)cc2c(-c3ccc(Br)cc3)coc2c1C. The van der Waals surface area contributed by atoms with Crippen molar-refractivity contribution >= 4 is 38.4 Å². The largest absolute Gasteiger partial charge is 0.496 e. The third-order valence-corrected chi connectivity index (χ3v) is 5.56. The standard InChI is InChI=1S/C24H27BrN2O3/c1-15(12-22(28)26-10-11-27(3)4)19-13-20-21(17-6-8-18(25)9-7-17)14-30-24(20)16(2)23(19)29-5/h6-9,12-14H,10-11H2,1-5H3,(H,26,28)/b15-12+. The summed E-state index contributed by atoms with van der Waals surface area (Å²) in [5.41, 5.74) is 5.49. The molecule has 0 saturated carbocycles. The summed E-state index contributed by atoms with van der Waals surface area (Å²) in [7, 11) is 5.59. The number of furan rings is 1. The molecule has 1 heterocycles. The van der Waals surface area contributed by atoms with E-state index in [9.17, 15) is 4.79 Å². The summed E-state index contributed by atoms with van der Waals surface area (Å²) in [5.74, 6) is 0.600. The summed E-state index contributed by atoms with van der Waals surface area (Å²) in [6.45, 7) is 5.29. The maximum atomic E-state index is 12.4. The molecular formula is C24H27BrN2O3. The molecule has 0 saturated heterocycles. The van der Waals surface area contributed by atoms with Gasteiger partial charge < -0.3 is 19.4 Å². The van der Waals surface area contributed by atoms with Crippen LogP contribution in [0, 0.1) is 6.92 Å². The fourth-order valence-electron chi connectivity index (χ4n) is 3.45. The van der Waals surface area contributed by atoms with Crippen molar-refractivity contribution in [3.8, 4) is 16.9 Å². The van der Waals surface area contributed by atoms with Crippen molar-refractivity contribution in [1.82, 2.24) is 10.2 Å². The van der Waals surface area contributed by atoms with Crippen LogP contribution in [0.4, 0.5) is 0 Å². The van der Waals surface area contributed by atoms with Crippen LogP contribution >= 0.6 is 15.9 Å². The van der Waals surface area contributed by atoms with Crippen LogP contribution in [0.1, 0.15) is 18.1 Å². The molecule has 1 N–H and O–H groups in total. The predicted octanol–water partition coefficient (Wildman–Crippen LogP) is 5.26. The number of fused-ring (bicyclic) bond motifs is 1. The van der Waals surface area contributed by atoms with Crippen LogP contribution in [0.25, 0.3) is 27.7 Å². The number of rotatable bonds is 7. The van der Waals surface area contributed by atoms with Crippen LogP contribution in [0.15, 0.2) is 51.6 Å². The molecule has 0 aliphatic rings. The first-order chi connectivity index (χ1) is 14.3. The summed E-state index contributed by atoms with van der Waals surface area (Å²) in [6.07, 6.45) is 3.40. The lowest BCUT2D eigenvalue weighted by atomic mass is 9.96. The first-order valence-corrected chi connectivity index (χ1v) is 10.6. The molecule has 30 heavy (non-hydrogen) atoms. The van der Waals surface area contributed by atoms with Gasteiger partial charge in [0.2, 0.25) is 5.91 Å². The zero-order chi connectivity index (χ0) is 21.8. The number of benzene rings is 2. The van der Waals surface area contributed by atoms with E-state index in [2.05, 4.69) is 33.4 Å². The topological polar surface area (TPSA) is 54.7 Å². The molecule has 0 aliphatic carbocycles. The molecule has 0 unspecified atom stereocenters. The molecule has 0 radical (unpaired) electrons. The Morgan fingerprint density at radius 1 is 1.27 bits per heavy atom. The van der Waals surface area contributed by atoms with Gasteiger partial charge in [0.1, 0.15) is 11.3 Å². The van der Waals surface area contributed by atoms with Gasteiger partial charge in [0, 0.05) is 45.7 Å². The van der Waals surface area contributed by atoms with E-state index in [1.165, 1.54) is 0 Å². The summed E-state index contributed by atoms with van der Waals surface area (Å²) < 4.78 is 12.6. The van der Waals surface area contributed by atoms with Crippen LogP contribution < -0.4 is 10.1 Å². The Morgan fingerprint density at radius 3 is 2.60 bits per heavy atom. The highest BCUT2D eigenvalue weighted by Gasteiger charge is 2.18. The highest BCUT2D eigenvalue weighted by atomic mass is 79.9. The van der Waals surface area contributed by atoms with E-state index in [4.69, 9.17) is 9.15 Å². The van der Waals surface area contributed by atoms with Crippen molar-refractivity contribution in [3.63, 3.8) is 0 Å². The minimum Gasteiger partial charge on any atom is -0.496 e. The maximum Gasteiger partial charge on any atom is 0.244 e. The first-order valence-electron chi connectivity index (χ1n) is 9.77. The average molecular weight is 471 g/mol. The summed E-state index contributed by atoms with van der Waals surface area (Å²) >= 11 is 3.48. The minimum absolute atomic E-state index is 0.116. The number of nitrogens with zero attached hydrogens (tertiary/aromatic N) is 1. The van der Waals surface area contributed by atoms with Crippen molar-refractivity contribution in [2.45, 2.75) is 13.8 Å². The Balaban J connectivity index is 2.03. The van der Waals surface area contributed by atoms with Gasteiger partial charge in [-0.3, -0.25) is 4.79 Å². The van der Waals surface area contributed by atoms with Crippen molar-refractivity contribution in [2.75, 3.05) is 34.3 Å². The number of hydrogen-bond acceptors (Lipinski definition) is 4. The molecule has 1 amide bonds. The van der Waals surface area contributed by atoms with Gasteiger partial charge >= 0.3 is 0 Å². The molecule has 3 rings (SSSR count). The Morgan fingerprint density at radius 2 is 1.97 bits per heavy atom. The number of carbonyl (C=O) groups excluding carboxylic acids is 1. The first kappa shape index (κ1) is 22.1.